The SMILES string of the molecule is O=C(CO)Oc1ccc(C2CCCCC2)cc1. The van der Waals surface area contributed by atoms with Crippen LogP contribution in [0.25, 0.3) is 0 Å². The van der Waals surface area contributed by atoms with Gasteiger partial charge in [-0.1, -0.05) is 31.4 Å². The Hall–Kier alpha value is -1.35. The Morgan fingerprint density at radius 1 is 1.18 bits per heavy atom. The molecule has 0 atom stereocenters. The monoisotopic (exact) mass is 234 g/mol. The van der Waals surface area contributed by atoms with Crippen molar-refractivity contribution in [1.82, 2.24) is 0 Å². The average Bonchev–Trinajstić information content (AvgIpc) is 2.40. The summed E-state index contributed by atoms with van der Waals surface area (Å²) in [7, 11) is 0. The largest absolute Gasteiger partial charge is 0.425 e. The van der Waals surface area contributed by atoms with Gasteiger partial charge in [-0.05, 0) is 36.5 Å². The van der Waals surface area contributed by atoms with Crippen molar-refractivity contribution in [3.8, 4) is 5.75 Å². The first-order valence-electron chi connectivity index (χ1n) is 6.21. The molecule has 17 heavy (non-hydrogen) atoms. The fourth-order valence-electron chi connectivity index (χ4n) is 2.41. The van der Waals surface area contributed by atoms with Gasteiger partial charge in [-0.15, -0.1) is 0 Å². The smallest absolute Gasteiger partial charge is 0.337 e. The van der Waals surface area contributed by atoms with E-state index in [1.807, 2.05) is 12.1 Å². The zero-order valence-electron chi connectivity index (χ0n) is 9.89. The summed E-state index contributed by atoms with van der Waals surface area (Å²) in [5.74, 6) is 0.547. The first-order valence-corrected chi connectivity index (χ1v) is 6.21. The molecule has 0 aromatic heterocycles. The molecule has 92 valence electrons. The van der Waals surface area contributed by atoms with E-state index >= 15 is 0 Å². The van der Waals surface area contributed by atoms with Gasteiger partial charge in [-0.2, -0.15) is 0 Å². The maximum atomic E-state index is 10.9. The highest BCUT2D eigenvalue weighted by Crippen LogP contribution is 2.33. The second-order valence-corrected chi connectivity index (χ2v) is 4.54. The number of aliphatic hydroxyl groups is 1. The Morgan fingerprint density at radius 2 is 1.82 bits per heavy atom. The van der Waals surface area contributed by atoms with E-state index in [1.165, 1.54) is 37.7 Å². The van der Waals surface area contributed by atoms with E-state index in [2.05, 4.69) is 0 Å². The zero-order valence-corrected chi connectivity index (χ0v) is 9.89. The molecule has 0 heterocycles. The summed E-state index contributed by atoms with van der Waals surface area (Å²) in [5.41, 5.74) is 1.33. The van der Waals surface area contributed by atoms with Gasteiger partial charge in [-0.3, -0.25) is 0 Å². The Morgan fingerprint density at radius 3 is 2.41 bits per heavy atom. The van der Waals surface area contributed by atoms with Crippen LogP contribution < -0.4 is 4.74 Å². The molecule has 1 aromatic carbocycles. The maximum absolute atomic E-state index is 10.9. The lowest BCUT2D eigenvalue weighted by atomic mass is 9.84. The van der Waals surface area contributed by atoms with Crippen molar-refractivity contribution in [2.45, 2.75) is 38.0 Å². The van der Waals surface area contributed by atoms with Crippen LogP contribution in [-0.2, 0) is 4.79 Å². The molecule has 3 heteroatoms. The number of carbonyl (C=O) groups excluding carboxylic acids is 1. The molecular weight excluding hydrogens is 216 g/mol. The highest BCUT2D eigenvalue weighted by molar-refractivity contribution is 5.73. The molecule has 1 aliphatic rings. The van der Waals surface area contributed by atoms with Crippen LogP contribution in [0.4, 0.5) is 0 Å². The average molecular weight is 234 g/mol. The summed E-state index contributed by atoms with van der Waals surface area (Å²) in [6.45, 7) is -0.579. The van der Waals surface area contributed by atoms with Gasteiger partial charge in [0.1, 0.15) is 12.4 Å². The van der Waals surface area contributed by atoms with Gasteiger partial charge >= 0.3 is 5.97 Å². The molecule has 1 fully saturated rings. The van der Waals surface area contributed by atoms with Crippen LogP contribution in [-0.4, -0.2) is 17.7 Å². The summed E-state index contributed by atoms with van der Waals surface area (Å²) < 4.78 is 4.92. The van der Waals surface area contributed by atoms with Crippen molar-refractivity contribution in [3.05, 3.63) is 29.8 Å². The predicted octanol–water partition coefficient (Wildman–Crippen LogP) is 2.63. The van der Waals surface area contributed by atoms with Crippen LogP contribution in [0.15, 0.2) is 24.3 Å². The number of carbonyl (C=O) groups is 1. The van der Waals surface area contributed by atoms with Crippen molar-refractivity contribution >= 4 is 5.97 Å². The normalized spacial score (nSPS) is 16.8. The van der Waals surface area contributed by atoms with Gasteiger partial charge in [0.25, 0.3) is 0 Å². The maximum Gasteiger partial charge on any atom is 0.337 e. The van der Waals surface area contributed by atoms with E-state index in [9.17, 15) is 4.79 Å². The van der Waals surface area contributed by atoms with E-state index in [-0.39, 0.29) is 0 Å². The fourth-order valence-corrected chi connectivity index (χ4v) is 2.41. The lowest BCUT2D eigenvalue weighted by molar-refractivity contribution is -0.137. The number of esters is 1. The van der Waals surface area contributed by atoms with E-state index in [4.69, 9.17) is 9.84 Å². The third-order valence-corrected chi connectivity index (χ3v) is 3.32. The molecule has 1 aliphatic carbocycles. The highest BCUT2D eigenvalue weighted by Gasteiger charge is 2.15. The molecule has 0 spiro atoms. The number of hydrogen-bond donors (Lipinski definition) is 1. The number of aliphatic hydroxyl groups excluding tert-OH is 1. The first kappa shape index (κ1) is 12.1. The summed E-state index contributed by atoms with van der Waals surface area (Å²) in [5, 5.41) is 8.58. The van der Waals surface area contributed by atoms with Crippen LogP contribution in [0.1, 0.15) is 43.6 Å². The highest BCUT2D eigenvalue weighted by atomic mass is 16.5. The quantitative estimate of drug-likeness (QED) is 0.646. The Balaban J connectivity index is 1.99. The minimum Gasteiger partial charge on any atom is -0.425 e. The predicted molar refractivity (Wildman–Crippen MR) is 65.0 cm³/mol. The molecule has 1 saturated carbocycles. The summed E-state index contributed by atoms with van der Waals surface area (Å²) in [6.07, 6.45) is 6.49. The minimum absolute atomic E-state index is 0.503. The molecule has 0 unspecified atom stereocenters. The van der Waals surface area contributed by atoms with Crippen molar-refractivity contribution < 1.29 is 14.6 Å². The number of ether oxygens (including phenoxy) is 1. The number of hydrogen-bond acceptors (Lipinski definition) is 3. The van der Waals surface area contributed by atoms with Crippen molar-refractivity contribution in [2.24, 2.45) is 0 Å². The fraction of sp³-hybridized carbons (Fsp3) is 0.500. The zero-order chi connectivity index (χ0) is 12.1. The second-order valence-electron chi connectivity index (χ2n) is 4.54. The third-order valence-electron chi connectivity index (χ3n) is 3.32. The van der Waals surface area contributed by atoms with Crippen molar-refractivity contribution in [3.63, 3.8) is 0 Å². The van der Waals surface area contributed by atoms with Crippen LogP contribution in [0, 0.1) is 0 Å². The molecule has 1 aromatic rings. The number of benzene rings is 1. The molecular formula is C14H18O3. The summed E-state index contributed by atoms with van der Waals surface area (Å²) >= 11 is 0. The molecule has 0 aliphatic heterocycles. The molecule has 0 radical (unpaired) electrons. The second kappa shape index (κ2) is 5.82. The van der Waals surface area contributed by atoms with Gasteiger partial charge < -0.3 is 9.84 Å². The molecule has 2 rings (SSSR count). The van der Waals surface area contributed by atoms with Gasteiger partial charge in [0, 0.05) is 0 Å². The van der Waals surface area contributed by atoms with E-state index in [0.29, 0.717) is 11.7 Å². The Bertz CT molecular complexity index is 364. The first-order chi connectivity index (χ1) is 8.29. The van der Waals surface area contributed by atoms with Gasteiger partial charge in [-0.25, -0.2) is 4.79 Å². The Labute approximate surface area is 101 Å². The molecule has 0 amide bonds. The van der Waals surface area contributed by atoms with E-state index < -0.39 is 12.6 Å². The molecule has 0 saturated heterocycles. The lowest BCUT2D eigenvalue weighted by Gasteiger charge is -2.21. The van der Waals surface area contributed by atoms with Crippen molar-refractivity contribution in [1.29, 1.82) is 0 Å². The standard InChI is InChI=1S/C14H18O3/c15-10-14(16)17-13-8-6-12(7-9-13)11-4-2-1-3-5-11/h6-9,11,15H,1-5,10H2. The van der Waals surface area contributed by atoms with Gasteiger partial charge in [0.05, 0.1) is 0 Å². The molecule has 1 N–H and O–H groups in total. The number of rotatable bonds is 3. The summed E-state index contributed by atoms with van der Waals surface area (Å²) in [4.78, 5) is 10.9. The van der Waals surface area contributed by atoms with E-state index in [0.717, 1.165) is 0 Å². The van der Waals surface area contributed by atoms with Crippen LogP contribution >= 0.6 is 0 Å². The molecule has 0 bridgehead atoms. The van der Waals surface area contributed by atoms with Crippen LogP contribution in [0.3, 0.4) is 0 Å². The minimum atomic E-state index is -0.615. The van der Waals surface area contributed by atoms with E-state index in [1.54, 1.807) is 12.1 Å². The molecule has 3 nitrogen and oxygen atoms in total. The third kappa shape index (κ3) is 3.30. The summed E-state index contributed by atoms with van der Waals surface area (Å²) in [6, 6.07) is 7.65. The lowest BCUT2D eigenvalue weighted by Crippen LogP contribution is -2.12. The topological polar surface area (TPSA) is 46.5 Å². The van der Waals surface area contributed by atoms with Gasteiger partial charge in [0.2, 0.25) is 0 Å². The Kier molecular flexibility index (Phi) is 4.15. The van der Waals surface area contributed by atoms with Crippen molar-refractivity contribution in [2.75, 3.05) is 6.61 Å². The van der Waals surface area contributed by atoms with Crippen LogP contribution in [0.2, 0.25) is 0 Å². The van der Waals surface area contributed by atoms with Crippen LogP contribution in [0.5, 0.6) is 5.75 Å². The van der Waals surface area contributed by atoms with Gasteiger partial charge in [0.15, 0.2) is 0 Å².